The number of aliphatic hydroxyl groups excluding tert-OH is 3. The minimum Gasteiger partial charge on any atom is -0.480 e. The summed E-state index contributed by atoms with van der Waals surface area (Å²) in [4.78, 5) is 36.0. The van der Waals surface area contributed by atoms with Gasteiger partial charge in [-0.3, -0.25) is 9.59 Å². The lowest BCUT2D eigenvalue weighted by Crippen LogP contribution is -2.72. The summed E-state index contributed by atoms with van der Waals surface area (Å²) in [5.74, 6) is -9.25. The van der Waals surface area contributed by atoms with Crippen LogP contribution in [0.15, 0.2) is 24.3 Å². The van der Waals surface area contributed by atoms with Gasteiger partial charge in [-0.2, -0.15) is 0 Å². The zero-order valence-corrected chi connectivity index (χ0v) is 17.3. The van der Waals surface area contributed by atoms with Gasteiger partial charge in [-0.1, -0.05) is 17.7 Å². The number of ether oxygens (including phenoxy) is 1. The van der Waals surface area contributed by atoms with Crippen LogP contribution in [-0.4, -0.2) is 106 Å². The van der Waals surface area contributed by atoms with Crippen LogP contribution >= 0.6 is 11.8 Å². The van der Waals surface area contributed by atoms with Crippen molar-refractivity contribution in [2.45, 2.75) is 48.5 Å². The van der Waals surface area contributed by atoms with Gasteiger partial charge in [0.05, 0.1) is 0 Å². The largest absolute Gasteiger partial charge is 0.480 e. The summed E-state index contributed by atoms with van der Waals surface area (Å²) < 4.78 is 4.83. The van der Waals surface area contributed by atoms with E-state index < -0.39 is 65.0 Å². The first-order valence-corrected chi connectivity index (χ1v) is 10.1. The lowest BCUT2D eigenvalue weighted by atomic mass is 9.85. The van der Waals surface area contributed by atoms with Gasteiger partial charge >= 0.3 is 11.9 Å². The van der Waals surface area contributed by atoms with Crippen LogP contribution in [0.3, 0.4) is 0 Å². The zero-order chi connectivity index (χ0) is 24.4. The van der Waals surface area contributed by atoms with Gasteiger partial charge in [0.15, 0.2) is 11.9 Å². The van der Waals surface area contributed by atoms with Crippen LogP contribution in [0.2, 0.25) is 0 Å². The number of carboxylic acids is 1. The molecule has 0 spiro atoms. The van der Waals surface area contributed by atoms with E-state index in [1.165, 1.54) is 12.1 Å². The van der Waals surface area contributed by atoms with Crippen molar-refractivity contribution in [1.82, 2.24) is 5.32 Å². The normalized spacial score (nSPS) is 29.2. The predicted octanol–water partition coefficient (Wildman–Crippen LogP) is -3.76. The number of nitrogens with one attached hydrogen (secondary N) is 1. The molecule has 9 N–H and O–H groups in total. The predicted molar refractivity (Wildman–Crippen MR) is 105 cm³/mol. The molecule has 0 aliphatic carbocycles. The molecule has 1 aromatic carbocycles. The maximum absolute atomic E-state index is 12.3. The number of benzene rings is 1. The van der Waals surface area contributed by atoms with Gasteiger partial charge in [0.2, 0.25) is 0 Å². The molecule has 2 rings (SSSR count). The fraction of sp³-hybridized carbons (Fsp3) is 0.500. The Morgan fingerprint density at radius 3 is 2.22 bits per heavy atom. The van der Waals surface area contributed by atoms with Crippen LogP contribution in [0.4, 0.5) is 0 Å². The molecular weight excluding hydrogens is 454 g/mol. The number of hydrogen-bond acceptors (Lipinski definition) is 12. The van der Waals surface area contributed by atoms with Gasteiger partial charge < -0.3 is 50.9 Å². The van der Waals surface area contributed by atoms with Gasteiger partial charge in [-0.05, 0) is 19.1 Å². The average Bonchev–Trinajstić information content (AvgIpc) is 2.71. The van der Waals surface area contributed by atoms with Crippen LogP contribution in [-0.2, 0) is 14.3 Å². The van der Waals surface area contributed by atoms with E-state index in [4.69, 9.17) is 20.1 Å². The second-order valence-electron chi connectivity index (χ2n) is 7.15. The Balaban J connectivity index is 2.22. The van der Waals surface area contributed by atoms with Crippen LogP contribution in [0, 0.1) is 6.92 Å². The highest BCUT2D eigenvalue weighted by molar-refractivity contribution is 7.99. The topological polar surface area (TPSA) is 234 Å². The van der Waals surface area contributed by atoms with Crippen LogP contribution in [0.25, 0.3) is 0 Å². The van der Waals surface area contributed by atoms with E-state index in [0.717, 1.165) is 5.56 Å². The van der Waals surface area contributed by atoms with Gasteiger partial charge in [-0.15, -0.1) is 11.8 Å². The summed E-state index contributed by atoms with van der Waals surface area (Å²) in [5, 5.41) is 79.1. The molecule has 32 heavy (non-hydrogen) atoms. The molecule has 1 aliphatic rings. The Kier molecular flexibility index (Phi) is 7.98. The fourth-order valence-corrected chi connectivity index (χ4v) is 4.13. The van der Waals surface area contributed by atoms with E-state index in [-0.39, 0.29) is 17.3 Å². The second kappa shape index (κ2) is 9.78. The lowest BCUT2D eigenvalue weighted by Gasteiger charge is -2.46. The molecule has 1 amide bonds. The first-order chi connectivity index (χ1) is 14.7. The molecule has 0 saturated carbocycles. The van der Waals surface area contributed by atoms with Gasteiger partial charge in [0, 0.05) is 11.3 Å². The monoisotopic (exact) mass is 477 g/mol. The summed E-state index contributed by atoms with van der Waals surface area (Å²) in [5.41, 5.74) is -4.47. The number of aliphatic hydroxyl groups is 7. The number of carboxylic acid groups (broad SMARTS) is 1. The Morgan fingerprint density at radius 1 is 1.16 bits per heavy atom. The van der Waals surface area contributed by atoms with Crippen LogP contribution in [0.1, 0.15) is 15.9 Å². The van der Waals surface area contributed by atoms with E-state index in [1.807, 2.05) is 0 Å². The molecule has 1 aromatic rings. The highest BCUT2D eigenvalue weighted by Gasteiger charge is 2.63. The molecule has 1 heterocycles. The third-order valence-electron chi connectivity index (χ3n) is 4.69. The quantitative estimate of drug-likeness (QED) is 0.164. The molecule has 1 unspecified atom stereocenters. The van der Waals surface area contributed by atoms with Crippen molar-refractivity contribution in [2.75, 3.05) is 5.75 Å². The summed E-state index contributed by atoms with van der Waals surface area (Å²) in [6, 6.07) is 4.53. The summed E-state index contributed by atoms with van der Waals surface area (Å²) in [6.45, 7) is 1.78. The Bertz CT molecular complexity index is 857. The Hall–Kier alpha value is -2.14. The first-order valence-electron chi connectivity index (χ1n) is 9.05. The molecule has 13 nitrogen and oxygen atoms in total. The molecule has 178 valence electrons. The number of carbonyl (C=O) groups excluding carboxylic acids is 2. The van der Waals surface area contributed by atoms with Crippen molar-refractivity contribution in [3.63, 3.8) is 0 Å². The van der Waals surface area contributed by atoms with Crippen molar-refractivity contribution in [3.8, 4) is 0 Å². The van der Waals surface area contributed by atoms with Gasteiger partial charge in [0.25, 0.3) is 11.7 Å². The van der Waals surface area contributed by atoms with E-state index in [1.54, 1.807) is 19.1 Å². The average molecular weight is 477 g/mol. The standard InChI is InChI=1S/C18H23NO12S/c1-7-2-4-8(5-3-7)12(22)19-9(13(23)24)6-32-16-17(27,15(26)18(28,29)30)11(21)10(20)14(25)31-16/h2-5,9-11,14,16,20-21,25,27-30H,6H2,1H3,(H,19,22)(H,23,24)/t9-,10+,11-,14+,16?,17-/m0/s1. The van der Waals surface area contributed by atoms with Crippen LogP contribution in [0.5, 0.6) is 0 Å². The second-order valence-corrected chi connectivity index (χ2v) is 8.24. The SMILES string of the molecule is Cc1ccc(C(=O)N[C@@H](CSC2O[C@@H](O)[C@H](O)[C@H](O)[C@]2(O)C(=O)C(O)(O)O)C(=O)O)cc1. The molecule has 1 saturated heterocycles. The molecule has 1 fully saturated rings. The summed E-state index contributed by atoms with van der Waals surface area (Å²) >= 11 is 0.281. The maximum atomic E-state index is 12.3. The van der Waals surface area contributed by atoms with Crippen molar-refractivity contribution >= 4 is 29.4 Å². The third-order valence-corrected chi connectivity index (χ3v) is 5.99. The van der Waals surface area contributed by atoms with Gasteiger partial charge in [0.1, 0.15) is 23.7 Å². The number of aliphatic carboxylic acids is 1. The number of carbonyl (C=O) groups is 3. The molecule has 1 aliphatic heterocycles. The minimum absolute atomic E-state index is 0.145. The third kappa shape index (κ3) is 5.43. The Labute approximate surface area is 184 Å². The van der Waals surface area contributed by atoms with Crippen molar-refractivity contribution in [2.24, 2.45) is 0 Å². The van der Waals surface area contributed by atoms with Crippen LogP contribution < -0.4 is 5.32 Å². The number of aryl methyl sites for hydroxylation is 1. The van der Waals surface area contributed by atoms with Crippen molar-refractivity contribution in [3.05, 3.63) is 35.4 Å². The molecule has 14 heteroatoms. The number of rotatable bonds is 8. The molecule has 0 radical (unpaired) electrons. The lowest BCUT2D eigenvalue weighted by molar-refractivity contribution is -0.324. The first kappa shape index (κ1) is 26.1. The number of ketones is 1. The smallest absolute Gasteiger partial charge is 0.342 e. The molecular formula is C18H23NO12S. The summed E-state index contributed by atoms with van der Waals surface area (Å²) in [6.07, 6.45) is -7.02. The number of thioether (sulfide) groups is 1. The minimum atomic E-state index is -4.16. The maximum Gasteiger partial charge on any atom is 0.342 e. The zero-order valence-electron chi connectivity index (χ0n) is 16.5. The number of Topliss-reactive ketones (excluding diaryl/α,β-unsaturated/α-hetero) is 1. The van der Waals surface area contributed by atoms with Crippen molar-refractivity contribution in [1.29, 1.82) is 0 Å². The van der Waals surface area contributed by atoms with Gasteiger partial charge in [-0.25, -0.2) is 4.79 Å². The highest BCUT2D eigenvalue weighted by atomic mass is 32.2. The van der Waals surface area contributed by atoms with E-state index >= 15 is 0 Å². The number of hydrogen-bond donors (Lipinski definition) is 9. The van der Waals surface area contributed by atoms with E-state index in [0.29, 0.717) is 0 Å². The highest BCUT2D eigenvalue weighted by Crippen LogP contribution is 2.38. The Morgan fingerprint density at radius 2 is 1.72 bits per heavy atom. The summed E-state index contributed by atoms with van der Waals surface area (Å²) in [7, 11) is 0. The molecule has 6 atom stereocenters. The van der Waals surface area contributed by atoms with Crippen molar-refractivity contribution < 1.29 is 60.0 Å². The molecule has 0 aromatic heterocycles. The number of amides is 1. The van der Waals surface area contributed by atoms with E-state index in [2.05, 4.69) is 5.32 Å². The van der Waals surface area contributed by atoms with E-state index in [9.17, 15) is 39.9 Å². The fourth-order valence-electron chi connectivity index (χ4n) is 2.85. The molecule has 0 bridgehead atoms.